The van der Waals surface area contributed by atoms with E-state index >= 15 is 0 Å². The summed E-state index contributed by atoms with van der Waals surface area (Å²) >= 11 is 0. The van der Waals surface area contributed by atoms with E-state index < -0.39 is 5.54 Å². The van der Waals surface area contributed by atoms with E-state index in [9.17, 15) is 0 Å². The monoisotopic (exact) mass is 338 g/mol. The van der Waals surface area contributed by atoms with Gasteiger partial charge in [-0.05, 0) is 40.3 Å². The Bertz CT molecular complexity index is 972. The molecule has 0 spiro atoms. The second-order valence-electron chi connectivity index (χ2n) is 6.74. The molecule has 4 N–H and O–H groups in total. The van der Waals surface area contributed by atoms with E-state index in [1.165, 1.54) is 22.3 Å². The highest BCUT2D eigenvalue weighted by atomic mass is 14.7. The third-order valence-electron chi connectivity index (χ3n) is 4.96. The first-order valence-electron chi connectivity index (χ1n) is 8.85. The van der Waals surface area contributed by atoms with E-state index in [0.717, 1.165) is 11.3 Å². The van der Waals surface area contributed by atoms with Crippen molar-refractivity contribution >= 4 is 0 Å². The molecule has 3 aromatic carbocycles. The molecule has 0 aromatic heterocycles. The molecular formula is C24H22N2. The number of rotatable bonds is 3. The third-order valence-corrected chi connectivity index (χ3v) is 4.96. The Morgan fingerprint density at radius 2 is 1.38 bits per heavy atom. The third kappa shape index (κ3) is 2.96. The van der Waals surface area contributed by atoms with Gasteiger partial charge in [0.1, 0.15) is 0 Å². The molecule has 26 heavy (non-hydrogen) atoms. The zero-order valence-electron chi connectivity index (χ0n) is 14.6. The van der Waals surface area contributed by atoms with Crippen molar-refractivity contribution in [2.75, 3.05) is 0 Å². The molecule has 0 fully saturated rings. The van der Waals surface area contributed by atoms with Crippen LogP contribution in [0.15, 0.2) is 103 Å². The van der Waals surface area contributed by atoms with Gasteiger partial charge >= 0.3 is 0 Å². The number of hydrogen-bond acceptors (Lipinski definition) is 2. The van der Waals surface area contributed by atoms with Gasteiger partial charge < -0.3 is 11.5 Å². The molecule has 4 rings (SSSR count). The van der Waals surface area contributed by atoms with Gasteiger partial charge in [-0.3, -0.25) is 0 Å². The van der Waals surface area contributed by atoms with Crippen LogP contribution in [0.25, 0.3) is 22.3 Å². The Kier molecular flexibility index (Phi) is 4.19. The van der Waals surface area contributed by atoms with Crippen molar-refractivity contribution in [1.29, 1.82) is 0 Å². The van der Waals surface area contributed by atoms with Crippen molar-refractivity contribution in [1.82, 2.24) is 0 Å². The molecule has 2 heteroatoms. The van der Waals surface area contributed by atoms with Crippen LogP contribution in [-0.4, -0.2) is 0 Å². The maximum atomic E-state index is 6.84. The smallest absolute Gasteiger partial charge is 0.0641 e. The van der Waals surface area contributed by atoms with Gasteiger partial charge in [0, 0.05) is 5.70 Å². The van der Waals surface area contributed by atoms with Crippen LogP contribution in [0.1, 0.15) is 12.0 Å². The number of benzene rings is 3. The number of allylic oxidation sites excluding steroid dienone is 1. The van der Waals surface area contributed by atoms with Gasteiger partial charge in [-0.1, -0.05) is 91.0 Å². The van der Waals surface area contributed by atoms with Crippen LogP contribution < -0.4 is 11.5 Å². The van der Waals surface area contributed by atoms with Crippen molar-refractivity contribution < 1.29 is 0 Å². The van der Waals surface area contributed by atoms with Gasteiger partial charge in [0.2, 0.25) is 0 Å². The maximum Gasteiger partial charge on any atom is 0.0641 e. The molecule has 0 bridgehead atoms. The van der Waals surface area contributed by atoms with E-state index in [-0.39, 0.29) is 0 Å². The summed E-state index contributed by atoms with van der Waals surface area (Å²) in [6.07, 6.45) is 6.63. The molecule has 0 saturated heterocycles. The molecule has 2 nitrogen and oxygen atoms in total. The van der Waals surface area contributed by atoms with Crippen molar-refractivity contribution in [3.63, 3.8) is 0 Å². The lowest BCUT2D eigenvalue weighted by Crippen LogP contribution is -2.36. The van der Waals surface area contributed by atoms with Crippen LogP contribution in [0.5, 0.6) is 0 Å². The first kappa shape index (κ1) is 16.4. The summed E-state index contributed by atoms with van der Waals surface area (Å²) in [5.41, 5.74) is 18.8. The standard InChI is InChI=1S/C24H22N2/c25-20-14-16-24(26,17-15-20)22-13-7-12-21(18-8-3-1-4-9-18)23(22)19-10-5-2-6-11-19/h1-16H,17,25-26H2. The minimum atomic E-state index is -0.571. The van der Waals surface area contributed by atoms with Crippen LogP contribution in [0.3, 0.4) is 0 Å². The van der Waals surface area contributed by atoms with Crippen LogP contribution in [0, 0.1) is 0 Å². The Balaban J connectivity index is 1.97. The fraction of sp³-hybridized carbons (Fsp3) is 0.0833. The summed E-state index contributed by atoms with van der Waals surface area (Å²) in [5, 5.41) is 0. The fourth-order valence-electron chi connectivity index (χ4n) is 3.58. The number of hydrogen-bond donors (Lipinski definition) is 2. The summed E-state index contributed by atoms with van der Waals surface area (Å²) in [6.45, 7) is 0. The summed E-state index contributed by atoms with van der Waals surface area (Å²) in [7, 11) is 0. The highest BCUT2D eigenvalue weighted by Crippen LogP contribution is 2.41. The molecule has 0 aliphatic heterocycles. The van der Waals surface area contributed by atoms with Crippen LogP contribution >= 0.6 is 0 Å². The van der Waals surface area contributed by atoms with Crippen molar-refractivity contribution in [3.8, 4) is 22.3 Å². The average Bonchev–Trinajstić information content (AvgIpc) is 2.71. The van der Waals surface area contributed by atoms with E-state index in [2.05, 4.69) is 66.7 Å². The first-order valence-corrected chi connectivity index (χ1v) is 8.85. The van der Waals surface area contributed by atoms with E-state index in [1.807, 2.05) is 30.4 Å². The van der Waals surface area contributed by atoms with E-state index in [0.29, 0.717) is 6.42 Å². The minimum Gasteiger partial charge on any atom is -0.399 e. The Labute approximate surface area is 154 Å². The molecule has 1 aliphatic carbocycles. The molecule has 0 saturated carbocycles. The van der Waals surface area contributed by atoms with Gasteiger partial charge in [-0.15, -0.1) is 0 Å². The molecule has 0 radical (unpaired) electrons. The lowest BCUT2D eigenvalue weighted by Gasteiger charge is -2.31. The van der Waals surface area contributed by atoms with Gasteiger partial charge in [0.25, 0.3) is 0 Å². The molecule has 0 amide bonds. The minimum absolute atomic E-state index is 0.571. The summed E-state index contributed by atoms with van der Waals surface area (Å²) in [5.74, 6) is 0. The second-order valence-corrected chi connectivity index (χ2v) is 6.74. The van der Waals surface area contributed by atoms with Crippen LogP contribution in [-0.2, 0) is 5.54 Å². The lowest BCUT2D eigenvalue weighted by atomic mass is 9.78. The lowest BCUT2D eigenvalue weighted by molar-refractivity contribution is 0.564. The Morgan fingerprint density at radius 1 is 0.731 bits per heavy atom. The Morgan fingerprint density at radius 3 is 2.00 bits per heavy atom. The van der Waals surface area contributed by atoms with Crippen molar-refractivity contribution in [2.45, 2.75) is 12.0 Å². The quantitative estimate of drug-likeness (QED) is 0.708. The number of nitrogens with two attached hydrogens (primary N) is 2. The summed E-state index contributed by atoms with van der Waals surface area (Å²) in [6, 6.07) is 27.3. The van der Waals surface area contributed by atoms with Crippen molar-refractivity contribution in [2.24, 2.45) is 11.5 Å². The van der Waals surface area contributed by atoms with Gasteiger partial charge in [0.05, 0.1) is 5.54 Å². The first-order chi connectivity index (χ1) is 12.7. The zero-order chi connectivity index (χ0) is 18.0. The fourth-order valence-corrected chi connectivity index (χ4v) is 3.58. The molecule has 3 aromatic rings. The predicted octanol–water partition coefficient (Wildman–Crippen LogP) is 4.98. The Hall–Kier alpha value is -3.10. The molecule has 128 valence electrons. The molecule has 1 unspecified atom stereocenters. The topological polar surface area (TPSA) is 52.0 Å². The zero-order valence-corrected chi connectivity index (χ0v) is 14.6. The molecular weight excluding hydrogens is 316 g/mol. The predicted molar refractivity (Wildman–Crippen MR) is 109 cm³/mol. The van der Waals surface area contributed by atoms with Crippen molar-refractivity contribution in [3.05, 3.63) is 108 Å². The maximum absolute atomic E-state index is 6.84. The molecule has 1 atom stereocenters. The van der Waals surface area contributed by atoms with E-state index in [1.54, 1.807) is 0 Å². The SMILES string of the molecule is NC1=CCC(N)(c2cccc(-c3ccccc3)c2-c2ccccc2)C=C1. The van der Waals surface area contributed by atoms with Gasteiger partial charge in [0.15, 0.2) is 0 Å². The van der Waals surface area contributed by atoms with Gasteiger partial charge in [-0.25, -0.2) is 0 Å². The average molecular weight is 338 g/mol. The van der Waals surface area contributed by atoms with Gasteiger partial charge in [-0.2, -0.15) is 0 Å². The molecule has 1 aliphatic rings. The largest absolute Gasteiger partial charge is 0.399 e. The highest BCUT2D eigenvalue weighted by molar-refractivity contribution is 5.86. The normalized spacial score (nSPS) is 19.2. The summed E-state index contributed by atoms with van der Waals surface area (Å²) < 4.78 is 0. The van der Waals surface area contributed by atoms with E-state index in [4.69, 9.17) is 11.5 Å². The summed E-state index contributed by atoms with van der Waals surface area (Å²) in [4.78, 5) is 0. The highest BCUT2D eigenvalue weighted by Gasteiger charge is 2.29. The van der Waals surface area contributed by atoms with Crippen LogP contribution in [0.2, 0.25) is 0 Å². The molecule has 0 heterocycles. The van der Waals surface area contributed by atoms with Crippen LogP contribution in [0.4, 0.5) is 0 Å². The second kappa shape index (κ2) is 6.66.